The standard InChI is InChI=1S/C13H15F2N3/c1-8(6-16-9-2-3-9)18-7-17-12-4-10(14)11(15)5-13(12)18/h4-5,7-9,16H,2-3,6H2,1H3. The molecule has 1 heterocycles. The normalized spacial score (nSPS) is 17.3. The van der Waals surface area contributed by atoms with Gasteiger partial charge >= 0.3 is 0 Å². The molecule has 1 aliphatic rings. The summed E-state index contributed by atoms with van der Waals surface area (Å²) < 4.78 is 28.2. The van der Waals surface area contributed by atoms with Crippen molar-refractivity contribution in [1.82, 2.24) is 14.9 Å². The zero-order valence-electron chi connectivity index (χ0n) is 10.2. The lowest BCUT2D eigenvalue weighted by molar-refractivity contribution is 0.496. The number of hydrogen-bond acceptors (Lipinski definition) is 2. The zero-order chi connectivity index (χ0) is 12.7. The molecule has 3 nitrogen and oxygen atoms in total. The van der Waals surface area contributed by atoms with E-state index in [9.17, 15) is 8.78 Å². The second-order valence-electron chi connectivity index (χ2n) is 4.94. The molecule has 1 aliphatic carbocycles. The van der Waals surface area contributed by atoms with Crippen LogP contribution in [0.3, 0.4) is 0 Å². The molecular formula is C13H15F2N3. The van der Waals surface area contributed by atoms with Crippen LogP contribution in [0.1, 0.15) is 25.8 Å². The van der Waals surface area contributed by atoms with Crippen LogP contribution in [0.5, 0.6) is 0 Å². The molecule has 1 N–H and O–H groups in total. The summed E-state index contributed by atoms with van der Waals surface area (Å²) in [6.45, 7) is 2.85. The number of halogens is 2. The van der Waals surface area contributed by atoms with Crippen molar-refractivity contribution < 1.29 is 8.78 Å². The lowest BCUT2D eigenvalue weighted by atomic mass is 10.2. The fourth-order valence-electron chi connectivity index (χ4n) is 2.10. The molecular weight excluding hydrogens is 236 g/mol. The molecule has 0 amide bonds. The van der Waals surface area contributed by atoms with Crippen LogP contribution in [0.4, 0.5) is 8.78 Å². The van der Waals surface area contributed by atoms with Gasteiger partial charge in [-0.1, -0.05) is 0 Å². The van der Waals surface area contributed by atoms with E-state index in [1.807, 2.05) is 11.5 Å². The van der Waals surface area contributed by atoms with E-state index >= 15 is 0 Å². The fraction of sp³-hybridized carbons (Fsp3) is 0.462. The van der Waals surface area contributed by atoms with Gasteiger partial charge in [0.1, 0.15) is 0 Å². The molecule has 1 aromatic heterocycles. The van der Waals surface area contributed by atoms with Crippen molar-refractivity contribution in [2.45, 2.75) is 31.8 Å². The molecule has 1 fully saturated rings. The predicted molar refractivity (Wildman–Crippen MR) is 65.4 cm³/mol. The molecule has 96 valence electrons. The van der Waals surface area contributed by atoms with E-state index in [0.29, 0.717) is 17.1 Å². The molecule has 3 rings (SSSR count). The molecule has 1 aromatic carbocycles. The van der Waals surface area contributed by atoms with Gasteiger partial charge in [-0.05, 0) is 19.8 Å². The number of nitrogens with zero attached hydrogens (tertiary/aromatic N) is 2. The van der Waals surface area contributed by atoms with Crippen molar-refractivity contribution in [2.24, 2.45) is 0 Å². The Hall–Kier alpha value is -1.49. The molecule has 0 radical (unpaired) electrons. The molecule has 2 aromatic rings. The predicted octanol–water partition coefficient (Wildman–Crippen LogP) is 2.63. The highest BCUT2D eigenvalue weighted by molar-refractivity contribution is 5.75. The maximum absolute atomic E-state index is 13.3. The highest BCUT2D eigenvalue weighted by Crippen LogP contribution is 2.22. The number of aromatic nitrogens is 2. The minimum Gasteiger partial charge on any atom is -0.326 e. The second-order valence-corrected chi connectivity index (χ2v) is 4.94. The summed E-state index contributed by atoms with van der Waals surface area (Å²) >= 11 is 0. The van der Waals surface area contributed by atoms with Crippen LogP contribution >= 0.6 is 0 Å². The summed E-state index contributed by atoms with van der Waals surface area (Å²) in [7, 11) is 0. The lowest BCUT2D eigenvalue weighted by Gasteiger charge is -2.15. The van der Waals surface area contributed by atoms with E-state index in [2.05, 4.69) is 10.3 Å². The molecule has 1 atom stereocenters. The number of fused-ring (bicyclic) bond motifs is 1. The third kappa shape index (κ3) is 2.10. The monoisotopic (exact) mass is 251 g/mol. The van der Waals surface area contributed by atoms with Crippen molar-refractivity contribution in [3.8, 4) is 0 Å². The number of rotatable bonds is 4. The number of imidazole rings is 1. The maximum Gasteiger partial charge on any atom is 0.161 e. The van der Waals surface area contributed by atoms with Crippen molar-refractivity contribution in [3.63, 3.8) is 0 Å². The Morgan fingerprint density at radius 2 is 2.11 bits per heavy atom. The van der Waals surface area contributed by atoms with E-state index in [0.717, 1.165) is 12.6 Å². The third-order valence-electron chi connectivity index (χ3n) is 3.37. The first-order valence-corrected chi connectivity index (χ1v) is 6.20. The van der Waals surface area contributed by atoms with Crippen LogP contribution in [0, 0.1) is 11.6 Å². The topological polar surface area (TPSA) is 29.9 Å². The average molecular weight is 251 g/mol. The van der Waals surface area contributed by atoms with Crippen LogP contribution in [0.25, 0.3) is 11.0 Å². The van der Waals surface area contributed by atoms with Gasteiger partial charge in [0.2, 0.25) is 0 Å². The Labute approximate surface area is 104 Å². The summed E-state index contributed by atoms with van der Waals surface area (Å²) in [5, 5.41) is 3.42. The van der Waals surface area contributed by atoms with E-state index in [-0.39, 0.29) is 6.04 Å². The Morgan fingerprint density at radius 3 is 2.83 bits per heavy atom. The first-order valence-electron chi connectivity index (χ1n) is 6.20. The van der Waals surface area contributed by atoms with E-state index in [1.54, 1.807) is 6.33 Å². The summed E-state index contributed by atoms with van der Waals surface area (Å²) in [5.41, 5.74) is 1.13. The lowest BCUT2D eigenvalue weighted by Crippen LogP contribution is -2.24. The minimum atomic E-state index is -0.850. The van der Waals surface area contributed by atoms with Gasteiger partial charge in [-0.25, -0.2) is 13.8 Å². The van der Waals surface area contributed by atoms with Gasteiger partial charge in [0.25, 0.3) is 0 Å². The van der Waals surface area contributed by atoms with E-state index in [4.69, 9.17) is 0 Å². The van der Waals surface area contributed by atoms with Crippen molar-refractivity contribution in [2.75, 3.05) is 6.54 Å². The first kappa shape index (κ1) is 11.6. The zero-order valence-corrected chi connectivity index (χ0v) is 10.2. The molecule has 18 heavy (non-hydrogen) atoms. The van der Waals surface area contributed by atoms with Gasteiger partial charge in [0.15, 0.2) is 11.6 Å². The molecule has 1 unspecified atom stereocenters. The summed E-state index contributed by atoms with van der Waals surface area (Å²) in [6.07, 6.45) is 4.11. The molecule has 5 heteroatoms. The quantitative estimate of drug-likeness (QED) is 0.905. The number of hydrogen-bond donors (Lipinski definition) is 1. The van der Waals surface area contributed by atoms with Crippen molar-refractivity contribution >= 4 is 11.0 Å². The fourth-order valence-corrected chi connectivity index (χ4v) is 2.10. The molecule has 0 bridgehead atoms. The van der Waals surface area contributed by atoms with Gasteiger partial charge in [-0.15, -0.1) is 0 Å². The van der Waals surface area contributed by atoms with Crippen LogP contribution in [-0.4, -0.2) is 22.1 Å². The van der Waals surface area contributed by atoms with Gasteiger partial charge in [0.05, 0.1) is 17.4 Å². The maximum atomic E-state index is 13.3. The number of benzene rings is 1. The highest BCUT2D eigenvalue weighted by atomic mass is 19.2. The van der Waals surface area contributed by atoms with Crippen molar-refractivity contribution in [1.29, 1.82) is 0 Å². The summed E-state index contributed by atoms with van der Waals surface area (Å²) in [4.78, 5) is 4.11. The van der Waals surface area contributed by atoms with Gasteiger partial charge in [0, 0.05) is 30.8 Å². The highest BCUT2D eigenvalue weighted by Gasteiger charge is 2.21. The van der Waals surface area contributed by atoms with Gasteiger partial charge < -0.3 is 9.88 Å². The Bertz CT molecular complexity index is 575. The smallest absolute Gasteiger partial charge is 0.161 e. The second kappa shape index (κ2) is 4.31. The van der Waals surface area contributed by atoms with Crippen LogP contribution < -0.4 is 5.32 Å². The third-order valence-corrected chi connectivity index (χ3v) is 3.37. The molecule has 1 saturated carbocycles. The summed E-state index contributed by atoms with van der Waals surface area (Å²) in [5.74, 6) is -1.68. The van der Waals surface area contributed by atoms with Crippen LogP contribution in [-0.2, 0) is 0 Å². The number of nitrogens with one attached hydrogen (secondary N) is 1. The average Bonchev–Trinajstić information content (AvgIpc) is 3.09. The summed E-state index contributed by atoms with van der Waals surface area (Å²) in [6, 6.07) is 3.16. The van der Waals surface area contributed by atoms with Gasteiger partial charge in [-0.3, -0.25) is 0 Å². The van der Waals surface area contributed by atoms with E-state index in [1.165, 1.54) is 18.9 Å². The largest absolute Gasteiger partial charge is 0.326 e. The van der Waals surface area contributed by atoms with Crippen molar-refractivity contribution in [3.05, 3.63) is 30.1 Å². The molecule has 0 aliphatic heterocycles. The molecule has 0 spiro atoms. The minimum absolute atomic E-state index is 0.167. The Kier molecular flexibility index (Phi) is 2.78. The first-order chi connectivity index (χ1) is 8.65. The Balaban J connectivity index is 1.88. The van der Waals surface area contributed by atoms with Gasteiger partial charge in [-0.2, -0.15) is 0 Å². The van der Waals surface area contributed by atoms with E-state index < -0.39 is 11.6 Å². The van der Waals surface area contributed by atoms with Crippen LogP contribution in [0.15, 0.2) is 18.5 Å². The Morgan fingerprint density at radius 1 is 1.39 bits per heavy atom. The SMILES string of the molecule is CC(CNC1CC1)n1cnc2cc(F)c(F)cc21. The molecule has 0 saturated heterocycles. The van der Waals surface area contributed by atoms with Crippen LogP contribution in [0.2, 0.25) is 0 Å².